The van der Waals surface area contributed by atoms with Gasteiger partial charge in [0.1, 0.15) is 0 Å². The van der Waals surface area contributed by atoms with E-state index < -0.39 is 0 Å². The average Bonchev–Trinajstić information content (AvgIpc) is 2.94. The maximum absolute atomic E-state index is 12.4. The molecule has 1 N–H and O–H groups in total. The third-order valence-corrected chi connectivity index (χ3v) is 4.48. The second-order valence-electron chi connectivity index (χ2n) is 5.60. The smallest absolute Gasteiger partial charge is 0.251 e. The fourth-order valence-electron chi connectivity index (χ4n) is 3.45. The average molecular weight is 282 g/mol. The number of hydrogen-bond acceptors (Lipinski definition) is 4. The van der Waals surface area contributed by atoms with Gasteiger partial charge >= 0.3 is 0 Å². The van der Waals surface area contributed by atoms with Crippen LogP contribution in [0.3, 0.4) is 0 Å². The minimum absolute atomic E-state index is 0.0185. The fourth-order valence-corrected chi connectivity index (χ4v) is 3.45. The molecule has 5 nitrogen and oxygen atoms in total. The lowest BCUT2D eigenvalue weighted by atomic mass is 9.73. The first-order chi connectivity index (χ1) is 10.3. The van der Waals surface area contributed by atoms with Gasteiger partial charge in [-0.2, -0.15) is 5.26 Å². The standard InChI is InChI=1S/C16H14N2O3/c17-5-4-9-2-1-3-10-11-6-13-14(21-8-20-13)7-12(11)16(19)18-15(9)10/h1,3,6-7,9-10,15H,2,4,8H2,(H,18,19)/t9-,10+,15-/m0/s1. The number of benzene rings is 1. The summed E-state index contributed by atoms with van der Waals surface area (Å²) in [5.74, 6) is 1.48. The van der Waals surface area contributed by atoms with E-state index in [9.17, 15) is 4.79 Å². The van der Waals surface area contributed by atoms with E-state index in [1.165, 1.54) is 0 Å². The van der Waals surface area contributed by atoms with Gasteiger partial charge in [0.05, 0.1) is 6.07 Å². The monoisotopic (exact) mass is 282 g/mol. The Bertz CT molecular complexity index is 689. The first-order valence-corrected chi connectivity index (χ1v) is 7.06. The van der Waals surface area contributed by atoms with E-state index in [0.29, 0.717) is 23.5 Å². The van der Waals surface area contributed by atoms with Crippen LogP contribution in [0.5, 0.6) is 11.5 Å². The minimum Gasteiger partial charge on any atom is -0.454 e. The van der Waals surface area contributed by atoms with Crippen molar-refractivity contribution >= 4 is 5.91 Å². The summed E-state index contributed by atoms with van der Waals surface area (Å²) in [6.07, 6.45) is 5.51. The van der Waals surface area contributed by atoms with Gasteiger partial charge in [-0.1, -0.05) is 12.2 Å². The molecular formula is C16H14N2O3. The van der Waals surface area contributed by atoms with E-state index in [4.69, 9.17) is 14.7 Å². The van der Waals surface area contributed by atoms with Crippen molar-refractivity contribution in [1.29, 1.82) is 5.26 Å². The molecule has 1 aromatic carbocycles. The molecule has 21 heavy (non-hydrogen) atoms. The Morgan fingerprint density at radius 2 is 2.14 bits per heavy atom. The molecule has 4 rings (SSSR count). The Hall–Kier alpha value is -2.48. The number of nitriles is 1. The molecule has 3 atom stereocenters. The van der Waals surface area contributed by atoms with Crippen LogP contribution in [-0.2, 0) is 0 Å². The lowest BCUT2D eigenvalue weighted by molar-refractivity contribution is 0.0897. The second-order valence-corrected chi connectivity index (χ2v) is 5.60. The molecule has 0 aromatic heterocycles. The van der Waals surface area contributed by atoms with Crippen LogP contribution < -0.4 is 14.8 Å². The second kappa shape index (κ2) is 4.52. The summed E-state index contributed by atoms with van der Waals surface area (Å²) in [6.45, 7) is 0.195. The molecule has 0 saturated heterocycles. The van der Waals surface area contributed by atoms with Gasteiger partial charge in [-0.05, 0) is 30.0 Å². The van der Waals surface area contributed by atoms with Crippen LogP contribution in [0, 0.1) is 17.2 Å². The van der Waals surface area contributed by atoms with Crippen LogP contribution in [0.1, 0.15) is 34.7 Å². The molecule has 0 radical (unpaired) electrons. The number of hydrogen-bond donors (Lipinski definition) is 1. The number of ether oxygens (including phenoxy) is 2. The van der Waals surface area contributed by atoms with Gasteiger partial charge in [0.2, 0.25) is 6.79 Å². The third kappa shape index (κ3) is 1.79. The number of nitrogens with one attached hydrogen (secondary N) is 1. The zero-order chi connectivity index (χ0) is 14.4. The molecule has 2 aliphatic heterocycles. The molecule has 1 amide bonds. The first-order valence-electron chi connectivity index (χ1n) is 7.06. The predicted octanol–water partition coefficient (Wildman–Crippen LogP) is 2.10. The zero-order valence-corrected chi connectivity index (χ0v) is 11.3. The Morgan fingerprint density at radius 1 is 1.33 bits per heavy atom. The Labute approximate surface area is 122 Å². The molecule has 1 aromatic rings. The Morgan fingerprint density at radius 3 is 2.95 bits per heavy atom. The first kappa shape index (κ1) is 12.3. The number of carbonyl (C=O) groups is 1. The van der Waals surface area contributed by atoms with Gasteiger partial charge < -0.3 is 14.8 Å². The fraction of sp³-hybridized carbons (Fsp3) is 0.375. The van der Waals surface area contributed by atoms with Crippen LogP contribution in [-0.4, -0.2) is 18.7 Å². The van der Waals surface area contributed by atoms with Crippen molar-refractivity contribution in [2.75, 3.05) is 6.79 Å². The van der Waals surface area contributed by atoms with Gasteiger partial charge in [0.25, 0.3) is 5.91 Å². The summed E-state index contributed by atoms with van der Waals surface area (Å²) in [7, 11) is 0. The van der Waals surface area contributed by atoms with E-state index in [2.05, 4.69) is 23.5 Å². The van der Waals surface area contributed by atoms with Crippen molar-refractivity contribution < 1.29 is 14.3 Å². The lowest BCUT2D eigenvalue weighted by Gasteiger charge is -2.39. The third-order valence-electron chi connectivity index (χ3n) is 4.48. The highest BCUT2D eigenvalue weighted by Gasteiger charge is 2.39. The molecule has 0 saturated carbocycles. The molecule has 0 fully saturated rings. The molecule has 0 unspecified atom stereocenters. The van der Waals surface area contributed by atoms with Crippen molar-refractivity contribution in [3.8, 4) is 17.6 Å². The molecule has 3 aliphatic rings. The van der Waals surface area contributed by atoms with Gasteiger partial charge in [-0.3, -0.25) is 4.79 Å². The highest BCUT2D eigenvalue weighted by atomic mass is 16.7. The number of rotatable bonds is 1. The maximum Gasteiger partial charge on any atom is 0.251 e. The van der Waals surface area contributed by atoms with E-state index >= 15 is 0 Å². The molecule has 5 heteroatoms. The van der Waals surface area contributed by atoms with Crippen LogP contribution in [0.15, 0.2) is 24.3 Å². The largest absolute Gasteiger partial charge is 0.454 e. The SMILES string of the molecule is N#CC[C@@H]1CC=C[C@@H]2c3cc4c(cc3C(=O)N[C@@H]12)OCO4. The Balaban J connectivity index is 1.81. The zero-order valence-electron chi connectivity index (χ0n) is 11.3. The van der Waals surface area contributed by atoms with Crippen molar-refractivity contribution in [3.05, 3.63) is 35.4 Å². The topological polar surface area (TPSA) is 71.4 Å². The van der Waals surface area contributed by atoms with Crippen molar-refractivity contribution in [2.45, 2.75) is 24.8 Å². The number of amides is 1. The van der Waals surface area contributed by atoms with E-state index in [1.54, 1.807) is 6.07 Å². The minimum atomic E-state index is -0.0946. The van der Waals surface area contributed by atoms with Gasteiger partial charge in [-0.25, -0.2) is 0 Å². The van der Waals surface area contributed by atoms with Gasteiger partial charge in [-0.15, -0.1) is 0 Å². The van der Waals surface area contributed by atoms with E-state index in [0.717, 1.165) is 12.0 Å². The van der Waals surface area contributed by atoms with Gasteiger partial charge in [0, 0.05) is 23.9 Å². The quantitative estimate of drug-likeness (QED) is 0.801. The molecule has 106 valence electrons. The maximum atomic E-state index is 12.4. The summed E-state index contributed by atoms with van der Waals surface area (Å²) in [5, 5.41) is 12.0. The Kier molecular flexibility index (Phi) is 2.64. The highest BCUT2D eigenvalue weighted by Crippen LogP contribution is 2.43. The molecule has 1 aliphatic carbocycles. The summed E-state index contributed by atoms with van der Waals surface area (Å²) >= 11 is 0. The summed E-state index contributed by atoms with van der Waals surface area (Å²) in [6, 6.07) is 5.87. The van der Waals surface area contributed by atoms with Crippen molar-refractivity contribution in [3.63, 3.8) is 0 Å². The normalized spacial score (nSPS) is 28.3. The predicted molar refractivity (Wildman–Crippen MR) is 74.0 cm³/mol. The summed E-state index contributed by atoms with van der Waals surface area (Å²) in [5.41, 5.74) is 1.61. The van der Waals surface area contributed by atoms with E-state index in [1.807, 2.05) is 6.07 Å². The summed E-state index contributed by atoms with van der Waals surface area (Å²) < 4.78 is 10.8. The summed E-state index contributed by atoms with van der Waals surface area (Å²) in [4.78, 5) is 12.4. The van der Waals surface area contributed by atoms with Crippen LogP contribution in [0.2, 0.25) is 0 Å². The molecule has 0 bridgehead atoms. The lowest BCUT2D eigenvalue weighted by Crippen LogP contribution is -2.49. The number of carbonyl (C=O) groups excluding carboxylic acids is 1. The van der Waals surface area contributed by atoms with Crippen molar-refractivity contribution in [2.24, 2.45) is 5.92 Å². The number of nitrogens with zero attached hydrogens (tertiary/aromatic N) is 1. The highest BCUT2D eigenvalue weighted by molar-refractivity contribution is 5.98. The molecule has 2 heterocycles. The molecule has 0 spiro atoms. The van der Waals surface area contributed by atoms with Crippen molar-refractivity contribution in [1.82, 2.24) is 5.32 Å². The van der Waals surface area contributed by atoms with Crippen LogP contribution >= 0.6 is 0 Å². The van der Waals surface area contributed by atoms with Crippen LogP contribution in [0.4, 0.5) is 0 Å². The van der Waals surface area contributed by atoms with E-state index in [-0.39, 0.29) is 30.6 Å². The molecular weight excluding hydrogens is 268 g/mol. The van der Waals surface area contributed by atoms with Crippen LogP contribution in [0.25, 0.3) is 0 Å². The number of allylic oxidation sites excluding steroid dienone is 1. The van der Waals surface area contributed by atoms with Gasteiger partial charge in [0.15, 0.2) is 11.5 Å². The number of fused-ring (bicyclic) bond motifs is 4.